The fraction of sp³-hybridized carbons (Fsp3) is 0.312. The molecule has 2 aliphatic rings. The fourth-order valence-corrected chi connectivity index (χ4v) is 7.35. The van der Waals surface area contributed by atoms with Gasteiger partial charge in [0, 0.05) is 41.4 Å². The van der Waals surface area contributed by atoms with E-state index in [1.54, 1.807) is 6.07 Å². The maximum atomic E-state index is 6.97. The van der Waals surface area contributed by atoms with Crippen molar-refractivity contribution in [2.45, 2.75) is 45.7 Å². The Morgan fingerprint density at radius 1 is 0.902 bits per heavy atom. The molecule has 4 aromatic rings. The lowest BCUT2D eigenvalue weighted by molar-refractivity contribution is 0.438. The molecule has 0 saturated carbocycles. The Bertz CT molecular complexity index is 1600. The number of thiocarbonyl (C=S) groups is 1. The third kappa shape index (κ3) is 5.32. The molecule has 0 radical (unpaired) electrons. The predicted octanol–water partition coefficient (Wildman–Crippen LogP) is 8.86. The van der Waals surface area contributed by atoms with Gasteiger partial charge in [0.25, 0.3) is 0 Å². The highest BCUT2D eigenvalue weighted by Crippen LogP contribution is 2.45. The molecule has 0 aliphatic carbocycles. The van der Waals surface area contributed by atoms with Crippen LogP contribution in [-0.4, -0.2) is 27.8 Å². The number of halogens is 3. The van der Waals surface area contributed by atoms with Gasteiger partial charge >= 0.3 is 0 Å². The average Bonchev–Trinajstić information content (AvgIpc) is 3.45. The Hall–Kier alpha value is -2.77. The number of aromatic nitrogens is 2. The number of hydrogen-bond acceptors (Lipinski definition) is 3. The summed E-state index contributed by atoms with van der Waals surface area (Å²) in [5.74, 6) is 0.753. The third-order valence-electron chi connectivity index (χ3n) is 8.37. The molecule has 212 valence electrons. The number of benzene rings is 2. The van der Waals surface area contributed by atoms with Gasteiger partial charge in [0.05, 0.1) is 39.2 Å². The van der Waals surface area contributed by atoms with Crippen LogP contribution < -0.4 is 15.1 Å². The lowest BCUT2D eigenvalue weighted by Crippen LogP contribution is -2.33. The second-order valence-electron chi connectivity index (χ2n) is 11.1. The van der Waals surface area contributed by atoms with Crippen molar-refractivity contribution in [2.75, 3.05) is 22.9 Å². The van der Waals surface area contributed by atoms with Gasteiger partial charge in [0.2, 0.25) is 0 Å². The molecule has 2 atom stereocenters. The molecule has 2 fully saturated rings. The zero-order valence-corrected chi connectivity index (χ0v) is 26.3. The number of hydrogen-bond donors (Lipinski definition) is 1. The molecular weight excluding hydrogens is 593 g/mol. The Kier molecular flexibility index (Phi) is 7.94. The summed E-state index contributed by atoms with van der Waals surface area (Å²) < 4.78 is 2.18. The SMILES string of the molecule is Cc1cc([C@@H]2[C@@H](c3ccccn3)NC(=S)N2c2ccc(N3CCC(C)CC3)c(Cl)c2)c(C)n1-c1ccc(Cl)cc1Cl. The molecule has 0 spiro atoms. The minimum Gasteiger partial charge on any atom is -0.370 e. The summed E-state index contributed by atoms with van der Waals surface area (Å²) in [6.07, 6.45) is 4.18. The van der Waals surface area contributed by atoms with Gasteiger partial charge in [0.15, 0.2) is 5.11 Å². The van der Waals surface area contributed by atoms with Gasteiger partial charge in [-0.2, -0.15) is 0 Å². The van der Waals surface area contributed by atoms with E-state index in [4.69, 9.17) is 52.0 Å². The first-order chi connectivity index (χ1) is 19.7. The molecule has 0 bridgehead atoms. The fourth-order valence-electron chi connectivity index (χ4n) is 6.22. The number of pyridine rings is 1. The second kappa shape index (κ2) is 11.5. The zero-order chi connectivity index (χ0) is 28.8. The van der Waals surface area contributed by atoms with Crippen LogP contribution in [0.25, 0.3) is 5.69 Å². The van der Waals surface area contributed by atoms with Gasteiger partial charge in [-0.05, 0) is 105 Å². The van der Waals surface area contributed by atoms with Crippen molar-refractivity contribution in [2.24, 2.45) is 5.92 Å². The maximum absolute atomic E-state index is 6.97. The van der Waals surface area contributed by atoms with Crippen molar-refractivity contribution in [3.05, 3.63) is 105 Å². The molecule has 5 nitrogen and oxygen atoms in total. The van der Waals surface area contributed by atoms with Crippen molar-refractivity contribution in [1.82, 2.24) is 14.9 Å². The second-order valence-corrected chi connectivity index (χ2v) is 12.7. The van der Waals surface area contributed by atoms with Crippen molar-refractivity contribution in [3.63, 3.8) is 0 Å². The van der Waals surface area contributed by atoms with Crippen molar-refractivity contribution in [3.8, 4) is 5.69 Å². The van der Waals surface area contributed by atoms with Crippen LogP contribution in [0.4, 0.5) is 11.4 Å². The number of piperidine rings is 1. The first-order valence-corrected chi connectivity index (χ1v) is 15.5. The van der Waals surface area contributed by atoms with Crippen molar-refractivity contribution in [1.29, 1.82) is 0 Å². The summed E-state index contributed by atoms with van der Waals surface area (Å²) in [5.41, 5.74) is 7.08. The highest BCUT2D eigenvalue weighted by Gasteiger charge is 2.42. The summed E-state index contributed by atoms with van der Waals surface area (Å²) in [6, 6.07) is 19.8. The van der Waals surface area contributed by atoms with Crippen LogP contribution in [0.5, 0.6) is 0 Å². The Morgan fingerprint density at radius 3 is 2.32 bits per heavy atom. The number of aryl methyl sites for hydroxylation is 1. The van der Waals surface area contributed by atoms with Gasteiger partial charge in [-0.1, -0.05) is 47.8 Å². The lowest BCUT2D eigenvalue weighted by Gasteiger charge is -2.33. The average molecular weight is 625 g/mol. The minimum absolute atomic E-state index is 0.166. The van der Waals surface area contributed by atoms with Gasteiger partial charge in [-0.25, -0.2) is 0 Å². The molecule has 4 heterocycles. The molecule has 2 aromatic carbocycles. The van der Waals surface area contributed by atoms with Crippen molar-refractivity contribution < 1.29 is 0 Å². The lowest BCUT2D eigenvalue weighted by atomic mass is 9.96. The van der Waals surface area contributed by atoms with Gasteiger partial charge in [0.1, 0.15) is 0 Å². The van der Waals surface area contributed by atoms with Gasteiger partial charge in [-0.3, -0.25) is 4.98 Å². The third-order valence-corrected chi connectivity index (χ3v) is 9.53. The van der Waals surface area contributed by atoms with E-state index in [0.29, 0.717) is 15.2 Å². The number of nitrogens with one attached hydrogen (secondary N) is 1. The van der Waals surface area contributed by atoms with Crippen molar-refractivity contribution >= 4 is 63.5 Å². The minimum atomic E-state index is -0.166. The van der Waals surface area contributed by atoms with Crippen LogP contribution in [-0.2, 0) is 0 Å². The summed E-state index contributed by atoms with van der Waals surface area (Å²) >= 11 is 25.9. The number of nitrogens with zero attached hydrogens (tertiary/aromatic N) is 4. The molecule has 1 N–H and O–H groups in total. The van der Waals surface area contributed by atoms with Crippen LogP contribution in [0.1, 0.15) is 54.5 Å². The van der Waals surface area contributed by atoms with E-state index in [2.05, 4.69) is 58.7 Å². The summed E-state index contributed by atoms with van der Waals surface area (Å²) in [4.78, 5) is 9.29. The molecule has 2 saturated heterocycles. The van der Waals surface area contributed by atoms with Gasteiger partial charge < -0.3 is 19.7 Å². The zero-order valence-electron chi connectivity index (χ0n) is 23.2. The standard InChI is InChI=1S/C32H32Cl3N5S/c1-19-11-14-38(15-12-19)28-10-8-23(18-26(28)35)40-31(30(37-32(40)41)27-6-4-5-13-36-27)24-16-20(2)39(21(24)3)29-9-7-22(33)17-25(29)34/h4-10,13,16-19,30-31H,11-12,14-15H2,1-3H3,(H,37,41)/t30-,31-/m1/s1. The largest absolute Gasteiger partial charge is 0.370 e. The first-order valence-electron chi connectivity index (χ1n) is 13.9. The first kappa shape index (κ1) is 28.4. The maximum Gasteiger partial charge on any atom is 0.174 e. The number of anilines is 2. The van der Waals surface area contributed by atoms with Crippen LogP contribution in [0.3, 0.4) is 0 Å². The van der Waals surface area contributed by atoms with Gasteiger partial charge in [-0.15, -0.1) is 0 Å². The van der Waals surface area contributed by atoms with E-state index in [0.717, 1.165) is 63.7 Å². The van der Waals surface area contributed by atoms with E-state index in [9.17, 15) is 0 Å². The molecule has 0 unspecified atom stereocenters. The topological polar surface area (TPSA) is 36.3 Å². The van der Waals surface area contributed by atoms with Crippen LogP contribution in [0.2, 0.25) is 15.1 Å². The molecule has 41 heavy (non-hydrogen) atoms. The summed E-state index contributed by atoms with van der Waals surface area (Å²) in [7, 11) is 0. The summed E-state index contributed by atoms with van der Waals surface area (Å²) in [5, 5.41) is 6.14. The summed E-state index contributed by atoms with van der Waals surface area (Å²) in [6.45, 7) is 8.57. The Balaban J connectivity index is 1.45. The van der Waals surface area contributed by atoms with Crippen LogP contribution in [0, 0.1) is 19.8 Å². The van der Waals surface area contributed by atoms with E-state index >= 15 is 0 Å². The van der Waals surface area contributed by atoms with E-state index < -0.39 is 0 Å². The molecule has 0 amide bonds. The van der Waals surface area contributed by atoms with Crippen LogP contribution >= 0.6 is 47.0 Å². The normalized spacial score (nSPS) is 19.6. The highest BCUT2D eigenvalue weighted by atomic mass is 35.5. The van der Waals surface area contributed by atoms with E-state index in [-0.39, 0.29) is 12.1 Å². The quantitative estimate of drug-likeness (QED) is 0.225. The molecular formula is C32H32Cl3N5S. The molecule has 6 rings (SSSR count). The molecule has 2 aromatic heterocycles. The van der Waals surface area contributed by atoms with E-state index in [1.807, 2.05) is 42.6 Å². The Labute approximate surface area is 262 Å². The smallest absolute Gasteiger partial charge is 0.174 e. The highest BCUT2D eigenvalue weighted by molar-refractivity contribution is 7.80. The molecule has 9 heteroatoms. The number of rotatable bonds is 5. The van der Waals surface area contributed by atoms with E-state index in [1.165, 1.54) is 12.8 Å². The predicted molar refractivity (Wildman–Crippen MR) is 175 cm³/mol. The molecule has 2 aliphatic heterocycles. The van der Waals surface area contributed by atoms with Crippen LogP contribution in [0.15, 0.2) is 66.9 Å². The Morgan fingerprint density at radius 2 is 1.63 bits per heavy atom. The monoisotopic (exact) mass is 623 g/mol.